The predicted molar refractivity (Wildman–Crippen MR) is 77.6 cm³/mol. The van der Waals surface area contributed by atoms with Gasteiger partial charge in [0.25, 0.3) is 0 Å². The lowest BCUT2D eigenvalue weighted by Gasteiger charge is -2.37. The third-order valence-electron chi connectivity index (χ3n) is 3.43. The van der Waals surface area contributed by atoms with E-state index in [1.165, 1.54) is 4.31 Å². The summed E-state index contributed by atoms with van der Waals surface area (Å²) in [5.41, 5.74) is -0.570. The lowest BCUT2D eigenvalue weighted by molar-refractivity contribution is -0.0355. The van der Waals surface area contributed by atoms with Crippen molar-refractivity contribution in [3.63, 3.8) is 0 Å². The van der Waals surface area contributed by atoms with Crippen molar-refractivity contribution in [3.05, 3.63) is 0 Å². The molecule has 2 aliphatic rings. The van der Waals surface area contributed by atoms with E-state index in [0.717, 1.165) is 12.8 Å². The first-order valence-corrected chi connectivity index (χ1v) is 8.39. The monoisotopic (exact) mass is 320 g/mol. The molecule has 21 heavy (non-hydrogen) atoms. The zero-order valence-corrected chi connectivity index (χ0v) is 13.7. The van der Waals surface area contributed by atoms with Crippen LogP contribution in [0.25, 0.3) is 0 Å². The Balaban J connectivity index is 2.02. The van der Waals surface area contributed by atoms with Crippen molar-refractivity contribution in [1.29, 1.82) is 0 Å². The van der Waals surface area contributed by atoms with Gasteiger partial charge in [0, 0.05) is 19.1 Å². The molecule has 8 heteroatoms. The number of hydrogen-bond acceptors (Lipinski definition) is 5. The molecule has 1 saturated heterocycles. The van der Waals surface area contributed by atoms with Gasteiger partial charge in [0.1, 0.15) is 5.60 Å². The zero-order valence-electron chi connectivity index (χ0n) is 12.8. The third kappa shape index (κ3) is 4.82. The van der Waals surface area contributed by atoms with E-state index < -0.39 is 22.6 Å². The van der Waals surface area contributed by atoms with Gasteiger partial charge < -0.3 is 9.47 Å². The second kappa shape index (κ2) is 6.50. The van der Waals surface area contributed by atoms with E-state index in [-0.39, 0.29) is 18.6 Å². The molecule has 7 nitrogen and oxygen atoms in total. The maximum absolute atomic E-state index is 12.2. The minimum Gasteiger partial charge on any atom is -0.444 e. The summed E-state index contributed by atoms with van der Waals surface area (Å²) in [7, 11) is -2.63. The average molecular weight is 320 g/mol. The normalized spacial score (nSPS) is 23.7. The maximum atomic E-state index is 12.2. The highest BCUT2D eigenvalue weighted by Gasteiger charge is 2.37. The highest BCUT2D eigenvalue weighted by molar-refractivity contribution is 7.69. The molecule has 2 fully saturated rings. The highest BCUT2D eigenvalue weighted by Crippen LogP contribution is 2.28. The van der Waals surface area contributed by atoms with Gasteiger partial charge in [-0.15, -0.1) is 0 Å². The van der Waals surface area contributed by atoms with E-state index in [4.69, 9.17) is 9.47 Å². The number of carbonyl (C=O) groups is 1. The Labute approximate surface area is 127 Å². The number of nitrogens with zero attached hydrogens (tertiary/aromatic N) is 2. The van der Waals surface area contributed by atoms with Gasteiger partial charge in [-0.05, 0) is 33.6 Å². The molecule has 1 saturated carbocycles. The van der Waals surface area contributed by atoms with Crippen LogP contribution in [0.1, 0.15) is 33.6 Å². The number of ether oxygens (including phenoxy) is 2. The van der Waals surface area contributed by atoms with Crippen molar-refractivity contribution >= 4 is 17.0 Å². The number of rotatable bonds is 4. The molecule has 0 radical (unpaired) electrons. The molecule has 0 aromatic heterocycles. The van der Waals surface area contributed by atoms with E-state index in [2.05, 4.69) is 0 Å². The van der Waals surface area contributed by atoms with Crippen LogP contribution in [0, 0.1) is 0 Å². The Bertz CT molecular complexity index is 448. The number of morpholine rings is 1. The van der Waals surface area contributed by atoms with Crippen LogP contribution in [0.5, 0.6) is 0 Å². The number of thiol groups is 1. The molecule has 1 amide bonds. The average Bonchev–Trinajstić information content (AvgIpc) is 3.18. The third-order valence-corrected chi connectivity index (χ3v) is 4.34. The van der Waals surface area contributed by atoms with Gasteiger partial charge in [-0.25, -0.2) is 13.2 Å². The van der Waals surface area contributed by atoms with E-state index in [9.17, 15) is 13.2 Å². The van der Waals surface area contributed by atoms with Gasteiger partial charge in [0.05, 0.1) is 19.3 Å². The Morgan fingerprint density at radius 1 is 1.38 bits per heavy atom. The molecule has 1 unspecified atom stereocenters. The summed E-state index contributed by atoms with van der Waals surface area (Å²) in [6.45, 7) is 6.92. The predicted octanol–water partition coefficient (Wildman–Crippen LogP) is 0.613. The maximum Gasteiger partial charge on any atom is 0.410 e. The van der Waals surface area contributed by atoms with Crippen LogP contribution in [0.4, 0.5) is 4.79 Å². The van der Waals surface area contributed by atoms with Gasteiger partial charge in [-0.1, -0.05) is 0 Å². The summed E-state index contributed by atoms with van der Waals surface area (Å²) in [6, 6.07) is -0.198. The molecule has 1 heterocycles. The van der Waals surface area contributed by atoms with Gasteiger partial charge >= 0.3 is 6.09 Å². The largest absolute Gasteiger partial charge is 0.444 e. The van der Waals surface area contributed by atoms with Crippen LogP contribution < -0.4 is 0 Å². The van der Waals surface area contributed by atoms with Crippen LogP contribution in [0.2, 0.25) is 0 Å². The molecule has 0 spiro atoms. The van der Waals surface area contributed by atoms with E-state index in [0.29, 0.717) is 19.8 Å². The van der Waals surface area contributed by atoms with Crippen molar-refractivity contribution < 1.29 is 22.7 Å². The molecule has 0 N–H and O–H groups in total. The van der Waals surface area contributed by atoms with Gasteiger partial charge in [-0.2, -0.15) is 4.31 Å². The van der Waals surface area contributed by atoms with Crippen molar-refractivity contribution in [2.45, 2.75) is 51.3 Å². The quantitative estimate of drug-likeness (QED) is 0.768. The number of hydrogen-bond donors (Lipinski definition) is 1. The second-order valence-corrected chi connectivity index (χ2v) is 7.48. The summed E-state index contributed by atoms with van der Waals surface area (Å²) >= 11 is 0. The van der Waals surface area contributed by atoms with Crippen molar-refractivity contribution in [2.24, 2.45) is 0 Å². The first kappa shape index (κ1) is 16.5. The Kier molecular flexibility index (Phi) is 5.11. The van der Waals surface area contributed by atoms with Gasteiger partial charge in [0.15, 0.2) is 0 Å². The Morgan fingerprint density at radius 2 is 2.05 bits per heavy atom. The summed E-state index contributed by atoms with van der Waals surface area (Å²) in [6.07, 6.45) is 1.37. The molecule has 1 atom stereocenters. The summed E-state index contributed by atoms with van der Waals surface area (Å²) in [4.78, 5) is 13.8. The van der Waals surface area contributed by atoms with Crippen molar-refractivity contribution in [2.75, 3.05) is 26.3 Å². The molecular weight excluding hydrogens is 296 g/mol. The topological polar surface area (TPSA) is 76.2 Å². The smallest absolute Gasteiger partial charge is 0.410 e. The van der Waals surface area contributed by atoms with Gasteiger partial charge in [0.2, 0.25) is 10.9 Å². The molecule has 0 aromatic rings. The van der Waals surface area contributed by atoms with E-state index in [1.54, 1.807) is 4.90 Å². The van der Waals surface area contributed by atoms with Crippen LogP contribution in [0.3, 0.4) is 0 Å². The minimum atomic E-state index is -2.63. The zero-order chi connectivity index (χ0) is 15.6. The lowest BCUT2D eigenvalue weighted by Crippen LogP contribution is -2.54. The second-order valence-electron chi connectivity index (χ2n) is 6.49. The fourth-order valence-electron chi connectivity index (χ4n) is 2.30. The first-order chi connectivity index (χ1) is 9.78. The van der Waals surface area contributed by atoms with E-state index >= 15 is 0 Å². The standard InChI is InChI=1S/C13H24N2O5S/c1-13(2,3)20-12(16)14-6-7-19-9-11(14)8-15(21(17)18)10-4-5-10/h10-11,21H,4-9H2,1-3H3. The highest BCUT2D eigenvalue weighted by atomic mass is 32.2. The lowest BCUT2D eigenvalue weighted by atomic mass is 10.2. The van der Waals surface area contributed by atoms with Crippen LogP contribution in [-0.4, -0.2) is 67.7 Å². The molecule has 122 valence electrons. The first-order valence-electron chi connectivity index (χ1n) is 7.26. The van der Waals surface area contributed by atoms with Crippen LogP contribution >= 0.6 is 0 Å². The number of amides is 1. The molecular formula is C13H24N2O5S. The van der Waals surface area contributed by atoms with E-state index in [1.807, 2.05) is 20.8 Å². The summed E-state index contributed by atoms with van der Waals surface area (Å²) in [5, 5.41) is 0. The van der Waals surface area contributed by atoms with Crippen LogP contribution in [-0.2, 0) is 20.4 Å². The van der Waals surface area contributed by atoms with Crippen molar-refractivity contribution in [1.82, 2.24) is 9.21 Å². The summed E-state index contributed by atoms with van der Waals surface area (Å²) < 4.78 is 34.9. The SMILES string of the molecule is CC(C)(C)OC(=O)N1CCOCC1CN(C1CC1)[SH](=O)=O. The van der Waals surface area contributed by atoms with Gasteiger partial charge in [-0.3, -0.25) is 4.90 Å². The Hall–Kier alpha value is -0.860. The number of carbonyl (C=O) groups excluding carboxylic acids is 1. The minimum absolute atomic E-state index is 0.0912. The molecule has 1 aliphatic carbocycles. The Morgan fingerprint density at radius 3 is 2.57 bits per heavy atom. The molecule has 2 rings (SSSR count). The summed E-state index contributed by atoms with van der Waals surface area (Å²) in [5.74, 6) is 0. The molecule has 0 bridgehead atoms. The van der Waals surface area contributed by atoms with Crippen LogP contribution in [0.15, 0.2) is 0 Å². The van der Waals surface area contributed by atoms with Crippen molar-refractivity contribution in [3.8, 4) is 0 Å². The molecule has 1 aliphatic heterocycles. The fraction of sp³-hybridized carbons (Fsp3) is 0.923. The fourth-order valence-corrected chi connectivity index (χ4v) is 3.12. The molecule has 0 aromatic carbocycles.